The largest absolute Gasteiger partial charge is 0.493 e. The maximum absolute atomic E-state index is 12.9. The van der Waals surface area contributed by atoms with Gasteiger partial charge in [0.15, 0.2) is 11.5 Å². The molecule has 0 radical (unpaired) electrons. The molecule has 178 valence electrons. The second-order valence-corrected chi connectivity index (χ2v) is 7.95. The van der Waals surface area contributed by atoms with Crippen LogP contribution in [-0.2, 0) is 4.74 Å². The van der Waals surface area contributed by atoms with E-state index in [1.54, 1.807) is 18.3 Å². The van der Waals surface area contributed by atoms with Crippen LogP contribution < -0.4 is 24.4 Å². The number of ether oxygens (including phenoxy) is 4. The van der Waals surface area contributed by atoms with Gasteiger partial charge in [0.1, 0.15) is 0 Å². The summed E-state index contributed by atoms with van der Waals surface area (Å²) in [5, 5.41) is 3.25. The summed E-state index contributed by atoms with van der Waals surface area (Å²) in [5.74, 6) is 0.904. The van der Waals surface area contributed by atoms with Gasteiger partial charge in [0, 0.05) is 48.0 Å². The summed E-state index contributed by atoms with van der Waals surface area (Å²) in [6, 6.07) is 11.2. The maximum atomic E-state index is 12.9. The van der Waals surface area contributed by atoms with E-state index in [-0.39, 0.29) is 5.91 Å². The number of amides is 1. The summed E-state index contributed by atoms with van der Waals surface area (Å²) in [5.41, 5.74) is 3.42. The van der Waals surface area contributed by atoms with Crippen LogP contribution in [0.4, 0.5) is 11.4 Å². The molecular formula is C25H26ClN3O5. The summed E-state index contributed by atoms with van der Waals surface area (Å²) >= 11 is 6.60. The highest BCUT2D eigenvalue weighted by Crippen LogP contribution is 2.47. The molecule has 1 fully saturated rings. The molecular weight excluding hydrogens is 458 g/mol. The molecule has 0 saturated carbocycles. The van der Waals surface area contributed by atoms with E-state index >= 15 is 0 Å². The van der Waals surface area contributed by atoms with E-state index in [0.29, 0.717) is 44.6 Å². The maximum Gasteiger partial charge on any atom is 0.257 e. The Hall–Kier alpha value is -3.49. The number of pyridine rings is 1. The first-order chi connectivity index (χ1) is 16.5. The van der Waals surface area contributed by atoms with Crippen LogP contribution in [0.5, 0.6) is 17.2 Å². The number of nitrogens with one attached hydrogen (secondary N) is 1. The minimum atomic E-state index is -0.281. The van der Waals surface area contributed by atoms with Crippen molar-refractivity contribution >= 4 is 28.9 Å². The predicted molar refractivity (Wildman–Crippen MR) is 132 cm³/mol. The van der Waals surface area contributed by atoms with Crippen molar-refractivity contribution in [1.29, 1.82) is 0 Å². The van der Waals surface area contributed by atoms with E-state index in [9.17, 15) is 4.79 Å². The topological polar surface area (TPSA) is 82.2 Å². The summed E-state index contributed by atoms with van der Waals surface area (Å²) in [7, 11) is 4.54. The van der Waals surface area contributed by atoms with E-state index in [1.807, 2.05) is 24.3 Å². The van der Waals surface area contributed by atoms with Gasteiger partial charge in [-0.1, -0.05) is 11.6 Å². The molecule has 1 amide bonds. The van der Waals surface area contributed by atoms with E-state index < -0.39 is 0 Å². The second-order valence-electron chi connectivity index (χ2n) is 7.57. The summed E-state index contributed by atoms with van der Waals surface area (Å²) in [4.78, 5) is 19.4. The van der Waals surface area contributed by atoms with Crippen LogP contribution in [0, 0.1) is 0 Å². The molecule has 3 aromatic rings. The van der Waals surface area contributed by atoms with Crippen molar-refractivity contribution in [3.63, 3.8) is 0 Å². The van der Waals surface area contributed by atoms with Crippen molar-refractivity contribution in [2.75, 3.05) is 57.8 Å². The molecule has 34 heavy (non-hydrogen) atoms. The number of carbonyl (C=O) groups is 1. The van der Waals surface area contributed by atoms with Crippen LogP contribution in [-0.4, -0.2) is 58.5 Å². The van der Waals surface area contributed by atoms with Gasteiger partial charge >= 0.3 is 0 Å². The minimum Gasteiger partial charge on any atom is -0.493 e. The Bertz CT molecular complexity index is 1160. The van der Waals surface area contributed by atoms with Gasteiger partial charge in [-0.2, -0.15) is 0 Å². The number of halogens is 1. The molecule has 1 aliphatic heterocycles. The summed E-state index contributed by atoms with van der Waals surface area (Å²) < 4.78 is 21.6. The zero-order valence-electron chi connectivity index (χ0n) is 19.3. The Morgan fingerprint density at radius 3 is 2.35 bits per heavy atom. The predicted octanol–water partition coefficient (Wildman–Crippen LogP) is 4.52. The van der Waals surface area contributed by atoms with Gasteiger partial charge in [-0.25, -0.2) is 0 Å². The molecule has 0 aliphatic carbocycles. The smallest absolute Gasteiger partial charge is 0.257 e. The molecule has 1 N–H and O–H groups in total. The van der Waals surface area contributed by atoms with E-state index in [4.69, 9.17) is 30.5 Å². The first-order valence-corrected chi connectivity index (χ1v) is 11.1. The number of hydrogen-bond donors (Lipinski definition) is 1. The van der Waals surface area contributed by atoms with Crippen LogP contribution >= 0.6 is 11.6 Å². The normalized spacial score (nSPS) is 13.4. The van der Waals surface area contributed by atoms with Gasteiger partial charge in [-0.15, -0.1) is 0 Å². The zero-order chi connectivity index (χ0) is 24.1. The molecule has 0 spiro atoms. The fraction of sp³-hybridized carbons (Fsp3) is 0.280. The molecule has 2 aromatic carbocycles. The third-order valence-electron chi connectivity index (χ3n) is 5.58. The van der Waals surface area contributed by atoms with Crippen LogP contribution in [0.25, 0.3) is 11.1 Å². The average Bonchev–Trinajstić information content (AvgIpc) is 2.89. The molecule has 9 heteroatoms. The van der Waals surface area contributed by atoms with Gasteiger partial charge in [0.05, 0.1) is 45.1 Å². The lowest BCUT2D eigenvalue weighted by molar-refractivity contribution is 0.102. The lowest BCUT2D eigenvalue weighted by atomic mass is 10.0. The van der Waals surface area contributed by atoms with E-state index in [1.165, 1.54) is 27.5 Å². The number of anilines is 2. The molecule has 0 unspecified atom stereocenters. The van der Waals surface area contributed by atoms with E-state index in [0.717, 1.165) is 32.0 Å². The van der Waals surface area contributed by atoms with Crippen molar-refractivity contribution in [3.05, 3.63) is 59.4 Å². The van der Waals surface area contributed by atoms with Crippen molar-refractivity contribution in [2.45, 2.75) is 0 Å². The lowest BCUT2D eigenvalue weighted by Crippen LogP contribution is -2.36. The number of methoxy groups -OCH3 is 3. The molecule has 8 nitrogen and oxygen atoms in total. The SMILES string of the molecule is COc1cc(-c2cncc(C(=O)Nc3ccc(N4CCOCC4)cc3)c2)c(Cl)c(OC)c1OC. The van der Waals surface area contributed by atoms with Crippen LogP contribution in [0.1, 0.15) is 10.4 Å². The first kappa shape index (κ1) is 23.7. The first-order valence-electron chi connectivity index (χ1n) is 10.7. The quantitative estimate of drug-likeness (QED) is 0.529. The number of morpholine rings is 1. The third kappa shape index (κ3) is 4.88. The number of benzene rings is 2. The standard InChI is InChI=1S/C25H26ClN3O5/c1-31-21-13-20(22(26)24(33-3)23(21)32-2)16-12-17(15-27-14-16)25(30)28-18-4-6-19(7-5-18)29-8-10-34-11-9-29/h4-7,12-15H,8-11H2,1-3H3,(H,28,30). The van der Waals surface area contributed by atoms with Crippen LogP contribution in [0.15, 0.2) is 48.8 Å². The Morgan fingerprint density at radius 2 is 1.71 bits per heavy atom. The van der Waals surface area contributed by atoms with Crippen LogP contribution in [0.3, 0.4) is 0 Å². The molecule has 2 heterocycles. The van der Waals surface area contributed by atoms with Crippen molar-refractivity contribution in [2.24, 2.45) is 0 Å². The summed E-state index contributed by atoms with van der Waals surface area (Å²) in [6.45, 7) is 3.15. The Kier molecular flexibility index (Phi) is 7.40. The molecule has 0 bridgehead atoms. The Morgan fingerprint density at radius 1 is 1.00 bits per heavy atom. The zero-order valence-corrected chi connectivity index (χ0v) is 20.0. The summed E-state index contributed by atoms with van der Waals surface area (Å²) in [6.07, 6.45) is 3.13. The van der Waals surface area contributed by atoms with Gasteiger partial charge in [-0.3, -0.25) is 9.78 Å². The van der Waals surface area contributed by atoms with Crippen LogP contribution in [0.2, 0.25) is 5.02 Å². The monoisotopic (exact) mass is 483 g/mol. The lowest BCUT2D eigenvalue weighted by Gasteiger charge is -2.28. The van der Waals surface area contributed by atoms with Gasteiger partial charge in [-0.05, 0) is 36.4 Å². The number of hydrogen-bond acceptors (Lipinski definition) is 7. The molecule has 1 aromatic heterocycles. The Labute approximate surface area is 203 Å². The van der Waals surface area contributed by atoms with Crippen molar-refractivity contribution < 1.29 is 23.7 Å². The average molecular weight is 484 g/mol. The minimum absolute atomic E-state index is 0.281. The molecule has 0 atom stereocenters. The van der Waals surface area contributed by atoms with Crippen molar-refractivity contribution in [3.8, 4) is 28.4 Å². The molecule has 1 saturated heterocycles. The van der Waals surface area contributed by atoms with Gasteiger partial charge in [0.25, 0.3) is 5.91 Å². The number of aromatic nitrogens is 1. The fourth-order valence-corrected chi connectivity index (χ4v) is 4.15. The highest BCUT2D eigenvalue weighted by molar-refractivity contribution is 6.35. The highest BCUT2D eigenvalue weighted by atomic mass is 35.5. The second kappa shape index (κ2) is 10.6. The number of nitrogens with zero attached hydrogens (tertiary/aromatic N) is 2. The van der Waals surface area contributed by atoms with Gasteiger partial charge in [0.2, 0.25) is 5.75 Å². The molecule has 4 rings (SSSR count). The third-order valence-corrected chi connectivity index (χ3v) is 5.96. The van der Waals surface area contributed by atoms with Gasteiger partial charge < -0.3 is 29.2 Å². The number of carbonyl (C=O) groups excluding carboxylic acids is 1. The highest BCUT2D eigenvalue weighted by Gasteiger charge is 2.21. The number of rotatable bonds is 7. The van der Waals surface area contributed by atoms with Crippen molar-refractivity contribution in [1.82, 2.24) is 4.98 Å². The fourth-order valence-electron chi connectivity index (χ4n) is 3.82. The Balaban J connectivity index is 1.56. The van der Waals surface area contributed by atoms with E-state index in [2.05, 4.69) is 15.2 Å². The molecule has 1 aliphatic rings.